The van der Waals surface area contributed by atoms with Gasteiger partial charge in [-0.3, -0.25) is 0 Å². The molecule has 0 radical (unpaired) electrons. The van der Waals surface area contributed by atoms with Gasteiger partial charge in [-0.1, -0.05) is 6.07 Å². The second-order valence-corrected chi connectivity index (χ2v) is 5.99. The van der Waals surface area contributed by atoms with E-state index in [4.69, 9.17) is 4.74 Å². The summed E-state index contributed by atoms with van der Waals surface area (Å²) >= 11 is 1.36. The van der Waals surface area contributed by atoms with Gasteiger partial charge in [-0.25, -0.2) is 14.8 Å². The molecule has 0 saturated carbocycles. The van der Waals surface area contributed by atoms with Crippen LogP contribution in [-0.2, 0) is 4.74 Å². The van der Waals surface area contributed by atoms with E-state index in [0.29, 0.717) is 10.7 Å². The zero-order valence-electron chi connectivity index (χ0n) is 12.7. The summed E-state index contributed by atoms with van der Waals surface area (Å²) < 4.78 is 4.73. The van der Waals surface area contributed by atoms with Gasteiger partial charge in [0, 0.05) is 6.20 Å². The van der Waals surface area contributed by atoms with Crippen molar-refractivity contribution in [1.29, 1.82) is 0 Å². The number of nitrogens with zero attached hydrogens (tertiary/aromatic N) is 2. The normalized spacial score (nSPS) is 10.3. The monoisotopic (exact) mass is 325 g/mol. The topological polar surface area (TPSA) is 64.1 Å². The Morgan fingerprint density at radius 1 is 1.17 bits per heavy atom. The van der Waals surface area contributed by atoms with Crippen molar-refractivity contribution in [2.24, 2.45) is 0 Å². The third-order valence-corrected chi connectivity index (χ3v) is 4.25. The number of nitrogens with one attached hydrogen (secondary N) is 1. The zero-order valence-corrected chi connectivity index (χ0v) is 13.6. The molecule has 0 aromatic carbocycles. The van der Waals surface area contributed by atoms with Gasteiger partial charge in [-0.2, -0.15) is 0 Å². The van der Waals surface area contributed by atoms with Crippen LogP contribution in [0.5, 0.6) is 0 Å². The van der Waals surface area contributed by atoms with E-state index in [2.05, 4.69) is 15.3 Å². The molecule has 0 saturated heterocycles. The lowest BCUT2D eigenvalue weighted by Gasteiger charge is -2.06. The Morgan fingerprint density at radius 2 is 2.04 bits per heavy atom. The van der Waals surface area contributed by atoms with Crippen LogP contribution in [-0.4, -0.2) is 23.0 Å². The number of esters is 1. The van der Waals surface area contributed by atoms with Crippen LogP contribution in [0.25, 0.3) is 10.6 Å². The number of hydrogen-bond donors (Lipinski definition) is 1. The number of ether oxygens (including phenoxy) is 1. The number of methoxy groups -OCH3 is 1. The van der Waals surface area contributed by atoms with Crippen molar-refractivity contribution < 1.29 is 9.53 Å². The lowest BCUT2D eigenvalue weighted by Crippen LogP contribution is -1.97. The van der Waals surface area contributed by atoms with Gasteiger partial charge in [0.1, 0.15) is 16.5 Å². The average Bonchev–Trinajstić information content (AvgIpc) is 3.04. The summed E-state index contributed by atoms with van der Waals surface area (Å²) in [6, 6.07) is 13.2. The summed E-state index contributed by atoms with van der Waals surface area (Å²) in [4.78, 5) is 21.9. The maximum absolute atomic E-state index is 11.5. The molecule has 3 aromatic heterocycles. The minimum absolute atomic E-state index is 0.334. The molecular formula is C17H15N3O2S. The number of thiophene rings is 1. The summed E-state index contributed by atoms with van der Waals surface area (Å²) in [6.07, 6.45) is 1.75. The van der Waals surface area contributed by atoms with Gasteiger partial charge in [0.15, 0.2) is 0 Å². The molecule has 0 unspecified atom stereocenters. The highest BCUT2D eigenvalue weighted by atomic mass is 32.1. The Bertz CT molecular complexity index is 845. The van der Waals surface area contributed by atoms with E-state index in [9.17, 15) is 4.79 Å². The van der Waals surface area contributed by atoms with Crippen molar-refractivity contribution >= 4 is 28.9 Å². The summed E-state index contributed by atoms with van der Waals surface area (Å²) in [5.74, 6) is 1.11. The fourth-order valence-electron chi connectivity index (χ4n) is 2.06. The van der Waals surface area contributed by atoms with Crippen LogP contribution < -0.4 is 5.32 Å². The lowest BCUT2D eigenvalue weighted by molar-refractivity contribution is 0.0606. The molecule has 6 heteroatoms. The molecule has 1 N–H and O–H groups in total. The van der Waals surface area contributed by atoms with Crippen LogP contribution in [0.3, 0.4) is 0 Å². The number of rotatable bonds is 4. The van der Waals surface area contributed by atoms with Crippen LogP contribution in [0.2, 0.25) is 0 Å². The highest BCUT2D eigenvalue weighted by Crippen LogP contribution is 2.28. The summed E-state index contributed by atoms with van der Waals surface area (Å²) in [6.45, 7) is 2.01. The Morgan fingerprint density at radius 3 is 2.83 bits per heavy atom. The number of aryl methyl sites for hydroxylation is 1. The molecule has 0 aliphatic heterocycles. The van der Waals surface area contributed by atoms with Crippen LogP contribution >= 0.6 is 11.3 Å². The van der Waals surface area contributed by atoms with Crippen LogP contribution in [0.1, 0.15) is 15.2 Å². The van der Waals surface area contributed by atoms with Crippen molar-refractivity contribution in [3.8, 4) is 10.6 Å². The number of hydrogen-bond acceptors (Lipinski definition) is 6. The zero-order chi connectivity index (χ0) is 16.2. The minimum atomic E-state index is -0.334. The standard InChI is InChI=1S/C17H15N3O2S/c1-11-8-9-18-16(10-11)20-15-5-3-4-12(19-15)13-6-7-14(23-13)17(21)22-2/h3-10H,1-2H3,(H,18,19,20). The van der Waals surface area contributed by atoms with Crippen LogP contribution in [0.4, 0.5) is 11.6 Å². The molecule has 3 heterocycles. The second-order valence-electron chi connectivity index (χ2n) is 4.91. The Hall–Kier alpha value is -2.73. The fraction of sp³-hybridized carbons (Fsp3) is 0.118. The quantitative estimate of drug-likeness (QED) is 0.733. The highest BCUT2D eigenvalue weighted by molar-refractivity contribution is 7.17. The Labute approximate surface area is 138 Å². The van der Waals surface area contributed by atoms with Crippen LogP contribution in [0.15, 0.2) is 48.7 Å². The molecule has 0 fully saturated rings. The third kappa shape index (κ3) is 3.54. The van der Waals surface area contributed by atoms with Crippen molar-refractivity contribution in [3.05, 3.63) is 59.1 Å². The fourth-order valence-corrected chi connectivity index (χ4v) is 2.96. The molecule has 3 aromatic rings. The predicted octanol–water partition coefficient (Wildman–Crippen LogP) is 4.04. The summed E-state index contributed by atoms with van der Waals surface area (Å²) in [5.41, 5.74) is 1.92. The Balaban J connectivity index is 1.85. The van der Waals surface area contributed by atoms with E-state index in [-0.39, 0.29) is 5.97 Å². The molecule has 23 heavy (non-hydrogen) atoms. The molecule has 0 spiro atoms. The third-order valence-electron chi connectivity index (χ3n) is 3.17. The second kappa shape index (κ2) is 6.58. The van der Waals surface area contributed by atoms with E-state index in [0.717, 1.165) is 22.0 Å². The highest BCUT2D eigenvalue weighted by Gasteiger charge is 2.11. The average molecular weight is 325 g/mol. The first kappa shape index (κ1) is 15.2. The van der Waals surface area contributed by atoms with Crippen molar-refractivity contribution in [2.45, 2.75) is 6.92 Å². The number of pyridine rings is 2. The van der Waals surface area contributed by atoms with Gasteiger partial charge in [-0.05, 0) is 48.9 Å². The molecule has 116 valence electrons. The molecule has 0 amide bonds. The maximum Gasteiger partial charge on any atom is 0.348 e. The smallest absolute Gasteiger partial charge is 0.348 e. The first-order chi connectivity index (χ1) is 11.2. The number of carbonyl (C=O) groups is 1. The molecule has 0 aliphatic carbocycles. The van der Waals surface area contributed by atoms with Gasteiger partial charge in [0.25, 0.3) is 0 Å². The summed E-state index contributed by atoms with van der Waals surface area (Å²) in [5, 5.41) is 3.19. The van der Waals surface area contributed by atoms with Crippen LogP contribution in [0, 0.1) is 6.92 Å². The molecule has 0 aliphatic rings. The van der Waals surface area contributed by atoms with E-state index in [1.54, 1.807) is 12.3 Å². The summed E-state index contributed by atoms with van der Waals surface area (Å²) in [7, 11) is 1.37. The van der Waals surface area contributed by atoms with Gasteiger partial charge in [-0.15, -0.1) is 11.3 Å². The van der Waals surface area contributed by atoms with Crippen molar-refractivity contribution in [1.82, 2.24) is 9.97 Å². The molecule has 0 bridgehead atoms. The van der Waals surface area contributed by atoms with Crippen molar-refractivity contribution in [2.75, 3.05) is 12.4 Å². The number of anilines is 2. The van der Waals surface area contributed by atoms with Gasteiger partial charge in [0.2, 0.25) is 0 Å². The Kier molecular flexibility index (Phi) is 4.34. The van der Waals surface area contributed by atoms with Gasteiger partial charge >= 0.3 is 5.97 Å². The number of carbonyl (C=O) groups excluding carboxylic acids is 1. The molecule has 3 rings (SSSR count). The first-order valence-electron chi connectivity index (χ1n) is 7.01. The number of aromatic nitrogens is 2. The van der Waals surface area contributed by atoms with Crippen molar-refractivity contribution in [3.63, 3.8) is 0 Å². The molecule has 0 atom stereocenters. The lowest BCUT2D eigenvalue weighted by atomic mass is 10.3. The molecule has 5 nitrogen and oxygen atoms in total. The first-order valence-corrected chi connectivity index (χ1v) is 7.82. The largest absolute Gasteiger partial charge is 0.465 e. The van der Waals surface area contributed by atoms with E-state index in [1.807, 2.05) is 43.3 Å². The van der Waals surface area contributed by atoms with Gasteiger partial charge in [0.05, 0.1) is 17.7 Å². The SMILES string of the molecule is COC(=O)c1ccc(-c2cccc(Nc3cc(C)ccn3)n2)s1. The van der Waals surface area contributed by atoms with E-state index in [1.165, 1.54) is 18.4 Å². The van der Waals surface area contributed by atoms with E-state index < -0.39 is 0 Å². The van der Waals surface area contributed by atoms with Gasteiger partial charge < -0.3 is 10.1 Å². The predicted molar refractivity (Wildman–Crippen MR) is 91.1 cm³/mol. The minimum Gasteiger partial charge on any atom is -0.465 e. The van der Waals surface area contributed by atoms with E-state index >= 15 is 0 Å². The maximum atomic E-state index is 11.5. The molecular weight excluding hydrogens is 310 g/mol.